The molecule has 2 rings (SSSR count). The molecule has 0 radical (unpaired) electrons. The van der Waals surface area contributed by atoms with Gasteiger partial charge in [0.25, 0.3) is 0 Å². The maximum Gasteiger partial charge on any atom is 0.141 e. The number of hydrogen-bond donors (Lipinski definition) is 0. The van der Waals surface area contributed by atoms with Gasteiger partial charge in [-0.2, -0.15) is 0 Å². The van der Waals surface area contributed by atoms with Crippen molar-refractivity contribution < 1.29 is 4.39 Å². The molecule has 3 heteroatoms. The van der Waals surface area contributed by atoms with E-state index in [2.05, 4.69) is 15.9 Å². The van der Waals surface area contributed by atoms with Crippen molar-refractivity contribution in [3.05, 3.63) is 34.5 Å². The summed E-state index contributed by atoms with van der Waals surface area (Å²) in [6.45, 7) is 2.03. The molecule has 68 valence electrons. The van der Waals surface area contributed by atoms with Crippen LogP contribution in [0.4, 0.5) is 4.39 Å². The summed E-state index contributed by atoms with van der Waals surface area (Å²) in [7, 11) is 0. The number of aryl methyl sites for hydroxylation is 1. The minimum atomic E-state index is -0.113. The monoisotopic (exact) mass is 258 g/mol. The van der Waals surface area contributed by atoms with Crippen molar-refractivity contribution in [2.24, 2.45) is 0 Å². The molecule has 0 nitrogen and oxygen atoms in total. The minimum Gasteiger partial charge on any atom is -0.205 e. The molecule has 0 saturated carbocycles. The van der Waals surface area contributed by atoms with Crippen LogP contribution in [0.3, 0.4) is 0 Å². The zero-order valence-corrected chi connectivity index (χ0v) is 9.51. The molecular formula is C10H8BrFS. The van der Waals surface area contributed by atoms with E-state index in [0.717, 1.165) is 15.4 Å². The van der Waals surface area contributed by atoms with Crippen molar-refractivity contribution in [3.63, 3.8) is 0 Å². The van der Waals surface area contributed by atoms with Crippen molar-refractivity contribution in [1.82, 2.24) is 0 Å². The van der Waals surface area contributed by atoms with Crippen LogP contribution in [0.2, 0.25) is 0 Å². The Morgan fingerprint density at radius 2 is 2.23 bits per heavy atom. The minimum absolute atomic E-state index is 0.113. The lowest BCUT2D eigenvalue weighted by Gasteiger charge is -1.94. The molecule has 0 atom stereocenters. The molecule has 1 aromatic carbocycles. The van der Waals surface area contributed by atoms with Crippen LogP contribution < -0.4 is 0 Å². The van der Waals surface area contributed by atoms with E-state index in [4.69, 9.17) is 0 Å². The van der Waals surface area contributed by atoms with Crippen molar-refractivity contribution in [1.29, 1.82) is 0 Å². The number of hydrogen-bond acceptors (Lipinski definition) is 1. The van der Waals surface area contributed by atoms with Crippen LogP contribution in [0.5, 0.6) is 0 Å². The Balaban J connectivity index is 2.86. The van der Waals surface area contributed by atoms with Crippen LogP contribution in [0.25, 0.3) is 10.1 Å². The molecule has 1 heterocycles. The van der Waals surface area contributed by atoms with Crippen LogP contribution >= 0.6 is 27.3 Å². The number of thiophene rings is 1. The lowest BCUT2D eigenvalue weighted by molar-refractivity contribution is 0.641. The van der Waals surface area contributed by atoms with Gasteiger partial charge in [-0.05, 0) is 23.9 Å². The third-order valence-electron chi connectivity index (χ3n) is 2.11. The number of benzene rings is 1. The molecule has 0 aliphatic heterocycles. The molecular weight excluding hydrogens is 251 g/mol. The Morgan fingerprint density at radius 1 is 1.46 bits per heavy atom. The summed E-state index contributed by atoms with van der Waals surface area (Å²) in [6, 6.07) is 5.24. The number of alkyl halides is 1. The lowest BCUT2D eigenvalue weighted by atomic mass is 10.1. The Morgan fingerprint density at radius 3 is 2.92 bits per heavy atom. The highest BCUT2D eigenvalue weighted by Crippen LogP contribution is 2.33. The summed E-state index contributed by atoms with van der Waals surface area (Å²) >= 11 is 4.94. The van der Waals surface area contributed by atoms with Gasteiger partial charge in [-0.3, -0.25) is 0 Å². The fourth-order valence-corrected chi connectivity index (χ4v) is 3.41. The molecule has 0 spiro atoms. The molecule has 0 saturated heterocycles. The molecule has 0 bridgehead atoms. The van der Waals surface area contributed by atoms with E-state index in [1.807, 2.05) is 13.0 Å². The zero-order chi connectivity index (χ0) is 9.42. The van der Waals surface area contributed by atoms with Gasteiger partial charge in [0.15, 0.2) is 0 Å². The second-order valence-electron chi connectivity index (χ2n) is 2.89. The van der Waals surface area contributed by atoms with Gasteiger partial charge in [0, 0.05) is 10.2 Å². The first-order valence-corrected chi connectivity index (χ1v) is 5.90. The molecule has 0 fully saturated rings. The maximum absolute atomic E-state index is 13.3. The summed E-state index contributed by atoms with van der Waals surface area (Å²) in [6.07, 6.45) is 0. The fourth-order valence-electron chi connectivity index (χ4n) is 1.42. The Labute approximate surface area is 88.5 Å². The summed E-state index contributed by atoms with van der Waals surface area (Å²) in [5.41, 5.74) is 1.21. The van der Waals surface area contributed by atoms with Crippen molar-refractivity contribution in [3.8, 4) is 0 Å². The highest BCUT2D eigenvalue weighted by atomic mass is 79.9. The third-order valence-corrected chi connectivity index (χ3v) is 3.84. The first kappa shape index (κ1) is 9.16. The average molecular weight is 259 g/mol. The van der Waals surface area contributed by atoms with Gasteiger partial charge in [-0.15, -0.1) is 11.3 Å². The molecule has 0 unspecified atom stereocenters. The van der Waals surface area contributed by atoms with Gasteiger partial charge in [0.1, 0.15) is 5.82 Å². The van der Waals surface area contributed by atoms with Gasteiger partial charge < -0.3 is 0 Å². The molecule has 0 aliphatic carbocycles. The Hall–Kier alpha value is -0.410. The molecule has 0 aliphatic rings. The predicted octanol–water partition coefficient (Wildman–Crippen LogP) is 4.24. The quantitative estimate of drug-likeness (QED) is 0.672. The van der Waals surface area contributed by atoms with Gasteiger partial charge >= 0.3 is 0 Å². The summed E-state index contributed by atoms with van der Waals surface area (Å²) in [5, 5.41) is 1.84. The molecule has 0 amide bonds. The van der Waals surface area contributed by atoms with Crippen LogP contribution in [0.1, 0.15) is 10.4 Å². The zero-order valence-electron chi connectivity index (χ0n) is 7.10. The summed E-state index contributed by atoms with van der Waals surface area (Å²) in [5.74, 6) is -0.113. The first-order valence-electron chi connectivity index (χ1n) is 3.96. The topological polar surface area (TPSA) is 0 Å². The number of fused-ring (bicyclic) bond motifs is 1. The first-order chi connectivity index (χ1) is 6.24. The lowest BCUT2D eigenvalue weighted by Crippen LogP contribution is -1.77. The van der Waals surface area contributed by atoms with Crippen molar-refractivity contribution >= 4 is 37.4 Å². The van der Waals surface area contributed by atoms with Crippen LogP contribution in [-0.2, 0) is 5.33 Å². The van der Waals surface area contributed by atoms with E-state index < -0.39 is 0 Å². The SMILES string of the molecule is Cc1sc2c(F)cccc2c1CBr. The van der Waals surface area contributed by atoms with E-state index in [9.17, 15) is 4.39 Å². The highest BCUT2D eigenvalue weighted by Gasteiger charge is 2.10. The largest absolute Gasteiger partial charge is 0.205 e. The van der Waals surface area contributed by atoms with E-state index in [1.165, 1.54) is 27.8 Å². The molecule has 0 N–H and O–H groups in total. The van der Waals surface area contributed by atoms with E-state index in [-0.39, 0.29) is 5.82 Å². The van der Waals surface area contributed by atoms with Crippen LogP contribution in [-0.4, -0.2) is 0 Å². The third kappa shape index (κ3) is 1.40. The smallest absolute Gasteiger partial charge is 0.141 e. The van der Waals surface area contributed by atoms with E-state index >= 15 is 0 Å². The van der Waals surface area contributed by atoms with E-state index in [0.29, 0.717) is 0 Å². The van der Waals surface area contributed by atoms with E-state index in [1.54, 1.807) is 6.07 Å². The predicted molar refractivity (Wildman–Crippen MR) is 59.2 cm³/mol. The Kier molecular flexibility index (Phi) is 2.39. The number of rotatable bonds is 1. The fraction of sp³-hybridized carbons (Fsp3) is 0.200. The van der Waals surface area contributed by atoms with Gasteiger partial charge in [-0.25, -0.2) is 4.39 Å². The molecule has 2 aromatic rings. The van der Waals surface area contributed by atoms with Crippen molar-refractivity contribution in [2.75, 3.05) is 0 Å². The van der Waals surface area contributed by atoms with Gasteiger partial charge in [-0.1, -0.05) is 28.1 Å². The summed E-state index contributed by atoms with van der Waals surface area (Å²) < 4.78 is 14.1. The molecule has 1 aromatic heterocycles. The second kappa shape index (κ2) is 3.39. The second-order valence-corrected chi connectivity index (χ2v) is 4.67. The van der Waals surface area contributed by atoms with Crippen LogP contribution in [0, 0.1) is 12.7 Å². The number of halogens is 2. The maximum atomic E-state index is 13.3. The normalized spacial score (nSPS) is 11.0. The van der Waals surface area contributed by atoms with Gasteiger partial charge in [0.2, 0.25) is 0 Å². The van der Waals surface area contributed by atoms with Crippen molar-refractivity contribution in [2.45, 2.75) is 12.3 Å². The van der Waals surface area contributed by atoms with Crippen LogP contribution in [0.15, 0.2) is 18.2 Å². The Bertz CT molecular complexity index is 447. The molecule has 13 heavy (non-hydrogen) atoms. The summed E-state index contributed by atoms with van der Waals surface area (Å²) in [4.78, 5) is 1.19. The standard InChI is InChI=1S/C10H8BrFS/c1-6-8(5-11)7-3-2-4-9(12)10(7)13-6/h2-4H,5H2,1H3. The average Bonchev–Trinajstić information content (AvgIpc) is 2.43. The van der Waals surface area contributed by atoms with Gasteiger partial charge in [0.05, 0.1) is 4.70 Å². The highest BCUT2D eigenvalue weighted by molar-refractivity contribution is 9.08.